The lowest BCUT2D eigenvalue weighted by Crippen LogP contribution is -2.30. The molecule has 4 nitrogen and oxygen atoms in total. The molecule has 5 heteroatoms. The van der Waals surface area contributed by atoms with Crippen molar-refractivity contribution in [3.05, 3.63) is 12.0 Å². The highest BCUT2D eigenvalue weighted by atomic mass is 19.1. The summed E-state index contributed by atoms with van der Waals surface area (Å²) in [5.74, 6) is 2.49. The third kappa shape index (κ3) is 2.02. The van der Waals surface area contributed by atoms with E-state index in [0.717, 1.165) is 24.6 Å². The van der Waals surface area contributed by atoms with E-state index in [1.165, 1.54) is 25.7 Å². The SMILES string of the molecule is CN(CC1CC2CCC1C2)c1nc(N)ncc1F. The normalized spacial score (nSPS) is 29.8. The van der Waals surface area contributed by atoms with Gasteiger partial charge in [0, 0.05) is 13.6 Å². The Morgan fingerprint density at radius 3 is 2.94 bits per heavy atom. The van der Waals surface area contributed by atoms with E-state index in [-0.39, 0.29) is 5.95 Å². The molecule has 0 aromatic carbocycles. The number of hydrogen-bond acceptors (Lipinski definition) is 4. The average Bonchev–Trinajstić information content (AvgIpc) is 2.94. The Labute approximate surface area is 106 Å². The van der Waals surface area contributed by atoms with Gasteiger partial charge in [0.25, 0.3) is 0 Å². The van der Waals surface area contributed by atoms with E-state index in [4.69, 9.17) is 5.73 Å². The zero-order valence-corrected chi connectivity index (χ0v) is 10.6. The lowest BCUT2D eigenvalue weighted by Gasteiger charge is -2.28. The monoisotopic (exact) mass is 250 g/mol. The van der Waals surface area contributed by atoms with Crippen LogP contribution in [0.25, 0.3) is 0 Å². The molecule has 3 atom stereocenters. The Morgan fingerprint density at radius 2 is 2.28 bits per heavy atom. The van der Waals surface area contributed by atoms with Gasteiger partial charge in [-0.05, 0) is 37.0 Å². The molecule has 1 heterocycles. The molecule has 0 radical (unpaired) electrons. The fraction of sp³-hybridized carbons (Fsp3) is 0.692. The van der Waals surface area contributed by atoms with Gasteiger partial charge in [0.2, 0.25) is 5.95 Å². The first-order valence-electron chi connectivity index (χ1n) is 6.62. The summed E-state index contributed by atoms with van der Waals surface area (Å²) in [6.45, 7) is 0.870. The summed E-state index contributed by atoms with van der Waals surface area (Å²) in [6.07, 6.45) is 6.54. The van der Waals surface area contributed by atoms with Crippen molar-refractivity contribution in [3.8, 4) is 0 Å². The van der Waals surface area contributed by atoms with E-state index in [1.807, 2.05) is 11.9 Å². The molecular formula is C13H19FN4. The zero-order chi connectivity index (χ0) is 12.7. The largest absolute Gasteiger partial charge is 0.368 e. The fourth-order valence-corrected chi connectivity index (χ4v) is 3.68. The van der Waals surface area contributed by atoms with Crippen LogP contribution < -0.4 is 10.6 Å². The third-order valence-electron chi connectivity index (χ3n) is 4.50. The molecule has 0 spiro atoms. The van der Waals surface area contributed by atoms with Crippen LogP contribution in [0.1, 0.15) is 25.7 Å². The number of rotatable bonds is 3. The van der Waals surface area contributed by atoms with Crippen LogP contribution in [0.3, 0.4) is 0 Å². The van der Waals surface area contributed by atoms with E-state index in [0.29, 0.717) is 11.7 Å². The van der Waals surface area contributed by atoms with Gasteiger partial charge in [0.05, 0.1) is 6.20 Å². The second kappa shape index (κ2) is 4.37. The Morgan fingerprint density at radius 1 is 1.44 bits per heavy atom. The first-order chi connectivity index (χ1) is 8.63. The van der Waals surface area contributed by atoms with Crippen LogP contribution in [-0.4, -0.2) is 23.6 Å². The van der Waals surface area contributed by atoms with Gasteiger partial charge in [-0.1, -0.05) is 6.42 Å². The summed E-state index contributed by atoms with van der Waals surface area (Å²) >= 11 is 0. The zero-order valence-electron chi connectivity index (χ0n) is 10.6. The number of nitrogen functional groups attached to an aromatic ring is 1. The molecule has 98 valence electrons. The lowest BCUT2D eigenvalue weighted by atomic mass is 9.88. The highest BCUT2D eigenvalue weighted by Gasteiger charge is 2.39. The molecule has 1 aromatic rings. The molecule has 2 bridgehead atoms. The summed E-state index contributed by atoms with van der Waals surface area (Å²) in [5.41, 5.74) is 5.52. The van der Waals surface area contributed by atoms with E-state index >= 15 is 0 Å². The van der Waals surface area contributed by atoms with Gasteiger partial charge < -0.3 is 10.6 Å². The predicted molar refractivity (Wildman–Crippen MR) is 68.6 cm³/mol. The van der Waals surface area contributed by atoms with Crippen molar-refractivity contribution < 1.29 is 4.39 Å². The van der Waals surface area contributed by atoms with Crippen LogP contribution >= 0.6 is 0 Å². The van der Waals surface area contributed by atoms with Crippen molar-refractivity contribution in [3.63, 3.8) is 0 Å². The van der Waals surface area contributed by atoms with E-state index < -0.39 is 5.82 Å². The van der Waals surface area contributed by atoms with Gasteiger partial charge in [-0.2, -0.15) is 4.98 Å². The quantitative estimate of drug-likeness (QED) is 0.892. The van der Waals surface area contributed by atoms with Crippen molar-refractivity contribution in [1.82, 2.24) is 9.97 Å². The lowest BCUT2D eigenvalue weighted by molar-refractivity contribution is 0.336. The van der Waals surface area contributed by atoms with Gasteiger partial charge in [0.15, 0.2) is 11.6 Å². The first-order valence-corrected chi connectivity index (χ1v) is 6.62. The van der Waals surface area contributed by atoms with E-state index in [9.17, 15) is 4.39 Å². The molecule has 3 rings (SSSR count). The summed E-state index contributed by atoms with van der Waals surface area (Å²) in [4.78, 5) is 9.54. The number of hydrogen-bond donors (Lipinski definition) is 1. The van der Waals surface area contributed by atoms with Crippen LogP contribution in [0, 0.1) is 23.6 Å². The number of aromatic nitrogens is 2. The highest BCUT2D eigenvalue weighted by Crippen LogP contribution is 2.48. The predicted octanol–water partition coefficient (Wildman–Crippen LogP) is 2.07. The molecule has 0 saturated heterocycles. The molecule has 2 aliphatic rings. The molecule has 2 aliphatic carbocycles. The van der Waals surface area contributed by atoms with Gasteiger partial charge in [0.1, 0.15) is 0 Å². The smallest absolute Gasteiger partial charge is 0.222 e. The summed E-state index contributed by atoms with van der Waals surface area (Å²) in [7, 11) is 1.89. The average molecular weight is 250 g/mol. The number of anilines is 2. The molecule has 0 amide bonds. The van der Waals surface area contributed by atoms with Gasteiger partial charge in [-0.25, -0.2) is 9.37 Å². The highest BCUT2D eigenvalue weighted by molar-refractivity contribution is 5.41. The van der Waals surface area contributed by atoms with Gasteiger partial charge in [-0.15, -0.1) is 0 Å². The molecule has 18 heavy (non-hydrogen) atoms. The molecular weight excluding hydrogens is 231 g/mol. The van der Waals surface area contributed by atoms with Crippen molar-refractivity contribution in [2.24, 2.45) is 17.8 Å². The maximum absolute atomic E-state index is 13.7. The number of nitrogens with two attached hydrogens (primary N) is 1. The Bertz CT molecular complexity index is 451. The molecule has 2 N–H and O–H groups in total. The molecule has 1 aromatic heterocycles. The van der Waals surface area contributed by atoms with Crippen molar-refractivity contribution in [1.29, 1.82) is 0 Å². The second-order valence-corrected chi connectivity index (χ2v) is 5.72. The molecule has 2 fully saturated rings. The Hall–Kier alpha value is -1.39. The Balaban J connectivity index is 1.71. The minimum absolute atomic E-state index is 0.131. The van der Waals surface area contributed by atoms with Gasteiger partial charge >= 0.3 is 0 Å². The molecule has 0 aliphatic heterocycles. The third-order valence-corrected chi connectivity index (χ3v) is 4.50. The van der Waals surface area contributed by atoms with Crippen molar-refractivity contribution in [2.75, 3.05) is 24.2 Å². The molecule has 3 unspecified atom stereocenters. The first kappa shape index (κ1) is 11.7. The summed E-state index contributed by atoms with van der Waals surface area (Å²) in [5, 5.41) is 0. The fourth-order valence-electron chi connectivity index (χ4n) is 3.68. The van der Waals surface area contributed by atoms with Gasteiger partial charge in [-0.3, -0.25) is 0 Å². The number of halogens is 1. The van der Waals surface area contributed by atoms with Crippen LogP contribution in [0.4, 0.5) is 16.2 Å². The second-order valence-electron chi connectivity index (χ2n) is 5.72. The van der Waals surface area contributed by atoms with Crippen LogP contribution in [0.2, 0.25) is 0 Å². The standard InChI is InChI=1S/C13H19FN4/c1-18(12-11(14)6-16-13(15)17-12)7-10-5-8-2-3-9(10)4-8/h6,8-10H,2-5,7H2,1H3,(H2,15,16,17). The van der Waals surface area contributed by atoms with Crippen LogP contribution in [0.5, 0.6) is 0 Å². The maximum atomic E-state index is 13.7. The minimum atomic E-state index is -0.394. The number of fused-ring (bicyclic) bond motifs is 2. The molecule has 2 saturated carbocycles. The topological polar surface area (TPSA) is 55.0 Å². The van der Waals surface area contributed by atoms with E-state index in [1.54, 1.807) is 0 Å². The van der Waals surface area contributed by atoms with E-state index in [2.05, 4.69) is 9.97 Å². The Kier molecular flexibility index (Phi) is 2.84. The summed E-state index contributed by atoms with van der Waals surface area (Å²) in [6, 6.07) is 0. The van der Waals surface area contributed by atoms with Crippen LogP contribution in [0.15, 0.2) is 6.20 Å². The number of nitrogens with zero attached hydrogens (tertiary/aromatic N) is 3. The minimum Gasteiger partial charge on any atom is -0.368 e. The summed E-state index contributed by atoms with van der Waals surface area (Å²) < 4.78 is 13.7. The maximum Gasteiger partial charge on any atom is 0.222 e. The van der Waals surface area contributed by atoms with Crippen LogP contribution in [-0.2, 0) is 0 Å². The van der Waals surface area contributed by atoms with Crippen molar-refractivity contribution in [2.45, 2.75) is 25.7 Å². The van der Waals surface area contributed by atoms with Crippen molar-refractivity contribution >= 4 is 11.8 Å².